The maximum atomic E-state index is 11.8. The number of hydrogen-bond donors (Lipinski definition) is 1. The summed E-state index contributed by atoms with van der Waals surface area (Å²) in [7, 11) is 0. The Labute approximate surface area is 117 Å². The Morgan fingerprint density at radius 3 is 2.79 bits per heavy atom. The number of hydrogen-bond acceptors (Lipinski definition) is 5. The number of piperazine rings is 1. The zero-order chi connectivity index (χ0) is 13.5. The van der Waals surface area contributed by atoms with Gasteiger partial charge in [0.1, 0.15) is 6.61 Å². The van der Waals surface area contributed by atoms with Crippen LogP contribution < -0.4 is 5.73 Å². The van der Waals surface area contributed by atoms with Crippen LogP contribution in [0.1, 0.15) is 5.56 Å². The van der Waals surface area contributed by atoms with Crippen molar-refractivity contribution in [1.29, 1.82) is 0 Å². The van der Waals surface area contributed by atoms with Gasteiger partial charge >= 0.3 is 0 Å². The van der Waals surface area contributed by atoms with Gasteiger partial charge in [-0.15, -0.1) is 0 Å². The summed E-state index contributed by atoms with van der Waals surface area (Å²) in [6.07, 6.45) is 0. The second-order valence-corrected chi connectivity index (χ2v) is 5.41. The Kier molecular flexibility index (Phi) is 5.78. The lowest BCUT2D eigenvalue weighted by atomic mass is 10.2. The molecular weight excluding hydrogens is 262 g/mol. The number of carbonyl (C=O) groups is 1. The molecule has 1 fully saturated rings. The molecule has 19 heavy (non-hydrogen) atoms. The first-order chi connectivity index (χ1) is 9.29. The first-order valence-corrected chi connectivity index (χ1v) is 7.53. The number of amides is 1. The minimum Gasteiger partial charge on any atom is -0.370 e. The lowest BCUT2D eigenvalue weighted by Crippen LogP contribution is -2.49. The smallest absolute Gasteiger partial charge is 0.248 e. The van der Waals surface area contributed by atoms with Crippen molar-refractivity contribution in [2.24, 2.45) is 5.73 Å². The van der Waals surface area contributed by atoms with E-state index in [1.807, 2.05) is 4.90 Å². The van der Waals surface area contributed by atoms with E-state index in [0.717, 1.165) is 32.7 Å². The molecule has 106 valence electrons. The van der Waals surface area contributed by atoms with Crippen molar-refractivity contribution < 1.29 is 9.53 Å². The van der Waals surface area contributed by atoms with Crippen LogP contribution in [0.25, 0.3) is 0 Å². The van der Waals surface area contributed by atoms with E-state index in [9.17, 15) is 4.79 Å². The second kappa shape index (κ2) is 7.59. The maximum absolute atomic E-state index is 11.8. The predicted octanol–water partition coefficient (Wildman–Crippen LogP) is 0.368. The van der Waals surface area contributed by atoms with E-state index in [1.54, 1.807) is 11.3 Å². The minimum absolute atomic E-state index is 0.0728. The van der Waals surface area contributed by atoms with E-state index in [2.05, 4.69) is 21.7 Å². The lowest BCUT2D eigenvalue weighted by Gasteiger charge is -2.34. The second-order valence-electron chi connectivity index (χ2n) is 4.63. The van der Waals surface area contributed by atoms with Gasteiger partial charge in [0, 0.05) is 39.3 Å². The quantitative estimate of drug-likeness (QED) is 0.766. The average molecular weight is 283 g/mol. The molecule has 1 saturated heterocycles. The molecule has 0 atom stereocenters. The zero-order valence-electron chi connectivity index (χ0n) is 11.1. The van der Waals surface area contributed by atoms with E-state index in [0.29, 0.717) is 13.2 Å². The molecule has 0 saturated carbocycles. The van der Waals surface area contributed by atoms with Gasteiger partial charge in [0.05, 0.1) is 6.61 Å². The van der Waals surface area contributed by atoms with Gasteiger partial charge in [0.2, 0.25) is 5.91 Å². The molecule has 1 amide bonds. The van der Waals surface area contributed by atoms with Crippen LogP contribution in [-0.2, 0) is 16.1 Å². The van der Waals surface area contributed by atoms with Gasteiger partial charge < -0.3 is 15.4 Å². The molecule has 0 bridgehead atoms. The molecule has 2 heterocycles. The normalized spacial score (nSPS) is 16.8. The van der Waals surface area contributed by atoms with Crippen molar-refractivity contribution in [1.82, 2.24) is 9.80 Å². The molecule has 5 nitrogen and oxygen atoms in total. The van der Waals surface area contributed by atoms with Crippen molar-refractivity contribution in [3.63, 3.8) is 0 Å². The number of carbonyl (C=O) groups excluding carboxylic acids is 1. The lowest BCUT2D eigenvalue weighted by molar-refractivity contribution is -0.137. The molecular formula is C13H21N3O2S. The van der Waals surface area contributed by atoms with Crippen LogP contribution >= 0.6 is 11.3 Å². The Balaban J connectivity index is 1.68. The minimum atomic E-state index is 0.0728. The fraction of sp³-hybridized carbons (Fsp3) is 0.615. The molecule has 0 radical (unpaired) electrons. The van der Waals surface area contributed by atoms with Crippen molar-refractivity contribution in [2.45, 2.75) is 6.54 Å². The largest absolute Gasteiger partial charge is 0.370 e. The molecule has 0 spiro atoms. The average Bonchev–Trinajstić information content (AvgIpc) is 2.93. The van der Waals surface area contributed by atoms with Gasteiger partial charge in [-0.2, -0.15) is 11.3 Å². The first kappa shape index (κ1) is 14.5. The number of ether oxygens (including phenoxy) is 1. The summed E-state index contributed by atoms with van der Waals surface area (Å²) in [6, 6.07) is 2.16. The molecule has 1 aliphatic heterocycles. The summed E-state index contributed by atoms with van der Waals surface area (Å²) in [5.41, 5.74) is 6.68. The maximum Gasteiger partial charge on any atom is 0.248 e. The zero-order valence-corrected chi connectivity index (χ0v) is 11.9. The van der Waals surface area contributed by atoms with Crippen LogP contribution in [0.2, 0.25) is 0 Å². The highest BCUT2D eigenvalue weighted by Gasteiger charge is 2.20. The van der Waals surface area contributed by atoms with E-state index in [4.69, 9.17) is 10.5 Å². The van der Waals surface area contributed by atoms with E-state index >= 15 is 0 Å². The van der Waals surface area contributed by atoms with Crippen molar-refractivity contribution >= 4 is 17.2 Å². The van der Waals surface area contributed by atoms with Gasteiger partial charge in [-0.05, 0) is 22.4 Å². The van der Waals surface area contributed by atoms with Crippen molar-refractivity contribution in [3.8, 4) is 0 Å². The third-order valence-electron chi connectivity index (χ3n) is 3.20. The highest BCUT2D eigenvalue weighted by atomic mass is 32.1. The fourth-order valence-corrected chi connectivity index (χ4v) is 2.79. The Morgan fingerprint density at radius 2 is 2.16 bits per heavy atom. The van der Waals surface area contributed by atoms with Crippen LogP contribution in [0.4, 0.5) is 0 Å². The fourth-order valence-electron chi connectivity index (χ4n) is 2.13. The SMILES string of the molecule is NCCOCC(=O)N1CCN(Cc2ccsc2)CC1. The van der Waals surface area contributed by atoms with Crippen LogP contribution in [0.5, 0.6) is 0 Å². The van der Waals surface area contributed by atoms with Crippen LogP contribution in [0.15, 0.2) is 16.8 Å². The monoisotopic (exact) mass is 283 g/mol. The number of nitrogens with zero attached hydrogens (tertiary/aromatic N) is 2. The van der Waals surface area contributed by atoms with Gasteiger partial charge in [-0.3, -0.25) is 9.69 Å². The molecule has 1 aromatic rings. The van der Waals surface area contributed by atoms with Crippen LogP contribution in [0, 0.1) is 0 Å². The number of rotatable bonds is 6. The van der Waals surface area contributed by atoms with Crippen molar-refractivity contribution in [3.05, 3.63) is 22.4 Å². The standard InChI is InChI=1S/C13H21N3O2S/c14-2-7-18-10-13(17)16-5-3-15(4-6-16)9-12-1-8-19-11-12/h1,8,11H,2-7,9-10,14H2. The Morgan fingerprint density at radius 1 is 1.37 bits per heavy atom. The van der Waals surface area contributed by atoms with Crippen LogP contribution in [0.3, 0.4) is 0 Å². The third kappa shape index (κ3) is 4.58. The van der Waals surface area contributed by atoms with Gasteiger partial charge in [0.25, 0.3) is 0 Å². The summed E-state index contributed by atoms with van der Waals surface area (Å²) in [6.45, 7) is 5.48. The molecule has 1 aromatic heterocycles. The summed E-state index contributed by atoms with van der Waals surface area (Å²) in [5, 5.41) is 4.28. The number of nitrogens with two attached hydrogens (primary N) is 1. The van der Waals surface area contributed by atoms with E-state index in [1.165, 1.54) is 5.56 Å². The van der Waals surface area contributed by atoms with E-state index < -0.39 is 0 Å². The predicted molar refractivity (Wildman–Crippen MR) is 76.0 cm³/mol. The summed E-state index contributed by atoms with van der Waals surface area (Å²) < 4.78 is 5.18. The van der Waals surface area contributed by atoms with Gasteiger partial charge in [-0.25, -0.2) is 0 Å². The molecule has 2 N–H and O–H groups in total. The topological polar surface area (TPSA) is 58.8 Å². The highest BCUT2D eigenvalue weighted by Crippen LogP contribution is 2.11. The van der Waals surface area contributed by atoms with Crippen molar-refractivity contribution in [2.75, 3.05) is 45.9 Å². The molecule has 6 heteroatoms. The molecule has 0 unspecified atom stereocenters. The summed E-state index contributed by atoms with van der Waals surface area (Å²) >= 11 is 1.73. The van der Waals surface area contributed by atoms with Crippen LogP contribution in [-0.4, -0.2) is 61.6 Å². The van der Waals surface area contributed by atoms with Gasteiger partial charge in [0.15, 0.2) is 0 Å². The Bertz CT molecular complexity index is 375. The van der Waals surface area contributed by atoms with Gasteiger partial charge in [-0.1, -0.05) is 0 Å². The molecule has 0 aromatic carbocycles. The summed E-state index contributed by atoms with van der Waals surface area (Å²) in [4.78, 5) is 16.1. The van der Waals surface area contributed by atoms with E-state index in [-0.39, 0.29) is 12.5 Å². The molecule has 2 rings (SSSR count). The number of thiophene rings is 1. The Hall–Kier alpha value is -0.950. The highest BCUT2D eigenvalue weighted by molar-refractivity contribution is 7.07. The molecule has 1 aliphatic rings. The summed E-state index contributed by atoms with van der Waals surface area (Å²) in [5.74, 6) is 0.0728. The molecule has 0 aliphatic carbocycles. The first-order valence-electron chi connectivity index (χ1n) is 6.58. The third-order valence-corrected chi connectivity index (χ3v) is 3.93.